The van der Waals surface area contributed by atoms with Crippen molar-refractivity contribution in [2.75, 3.05) is 7.11 Å². The number of carbonyl (C=O) groups is 1. The number of fused-ring (bicyclic) bond motifs is 5. The Kier molecular flexibility index (Phi) is 2.91. The number of phenolic OH excluding ortho intramolecular Hbond substituents is 1. The highest BCUT2D eigenvalue weighted by Crippen LogP contribution is 2.57. The number of hydrogen-bond donors (Lipinski definition) is 1. The molecule has 0 radical (unpaired) electrons. The van der Waals surface area contributed by atoms with Crippen molar-refractivity contribution in [3.05, 3.63) is 34.9 Å². The fraction of sp³-hybridized carbons (Fsp3) is 0.526. The summed E-state index contributed by atoms with van der Waals surface area (Å²) in [4.78, 5) is 12.3. The smallest absolute Gasteiger partial charge is 0.160 e. The Morgan fingerprint density at radius 3 is 2.86 bits per heavy atom. The SMILES string of the molecule is COc1cc2c(cc1O)CC[C@H]1C3=CCC(=O)[C@@]3(C)CC[C@H]21. The lowest BCUT2D eigenvalue weighted by Gasteiger charge is -2.45. The van der Waals surface area contributed by atoms with E-state index in [4.69, 9.17) is 4.74 Å². The number of benzene rings is 1. The average Bonchev–Trinajstić information content (AvgIpc) is 2.82. The van der Waals surface area contributed by atoms with E-state index < -0.39 is 0 Å². The number of allylic oxidation sites excluding steroid dienone is 2. The minimum absolute atomic E-state index is 0.209. The van der Waals surface area contributed by atoms with Gasteiger partial charge in [0.2, 0.25) is 0 Å². The predicted octanol–water partition coefficient (Wildman–Crippen LogP) is 3.75. The summed E-state index contributed by atoms with van der Waals surface area (Å²) in [5.74, 6) is 2.13. The van der Waals surface area contributed by atoms with E-state index in [9.17, 15) is 9.90 Å². The molecule has 0 bridgehead atoms. The maximum Gasteiger partial charge on any atom is 0.160 e. The zero-order chi connectivity index (χ0) is 15.5. The van der Waals surface area contributed by atoms with Gasteiger partial charge in [-0.2, -0.15) is 0 Å². The summed E-state index contributed by atoms with van der Waals surface area (Å²) >= 11 is 0. The molecular weight excluding hydrogens is 276 g/mol. The lowest BCUT2D eigenvalue weighted by molar-refractivity contribution is -0.125. The first kappa shape index (κ1) is 13.9. The first-order chi connectivity index (χ1) is 10.5. The second-order valence-electron chi connectivity index (χ2n) is 7.13. The number of aromatic hydroxyl groups is 1. The molecule has 3 heteroatoms. The van der Waals surface area contributed by atoms with Crippen LogP contribution in [0.2, 0.25) is 0 Å². The standard InChI is InChI=1S/C19H22O3/c1-19-8-7-12-13(15(19)5-6-18(19)21)4-3-11-9-16(20)17(22-2)10-14(11)12/h5,9-10,12-13,20H,3-4,6-8H2,1-2H3/t12-,13+,19-/m0/s1. The number of aryl methyl sites for hydroxylation is 1. The van der Waals surface area contributed by atoms with Crippen LogP contribution in [0.15, 0.2) is 23.8 Å². The molecule has 0 aromatic heterocycles. The van der Waals surface area contributed by atoms with Crippen LogP contribution in [0.1, 0.15) is 49.7 Å². The van der Waals surface area contributed by atoms with Crippen molar-refractivity contribution in [1.29, 1.82) is 0 Å². The Morgan fingerprint density at radius 2 is 2.09 bits per heavy atom. The normalized spacial score (nSPS) is 32.8. The van der Waals surface area contributed by atoms with Gasteiger partial charge in [-0.15, -0.1) is 0 Å². The van der Waals surface area contributed by atoms with Crippen LogP contribution in [-0.4, -0.2) is 18.0 Å². The van der Waals surface area contributed by atoms with Gasteiger partial charge in [0.1, 0.15) is 5.78 Å². The van der Waals surface area contributed by atoms with Gasteiger partial charge in [-0.3, -0.25) is 4.79 Å². The summed E-state index contributed by atoms with van der Waals surface area (Å²) in [6, 6.07) is 3.88. The number of ketones is 1. The number of carbonyl (C=O) groups excluding carboxylic acids is 1. The summed E-state index contributed by atoms with van der Waals surface area (Å²) in [6.45, 7) is 2.14. The van der Waals surface area contributed by atoms with Crippen molar-refractivity contribution in [2.45, 2.75) is 44.9 Å². The van der Waals surface area contributed by atoms with Crippen LogP contribution < -0.4 is 4.74 Å². The topological polar surface area (TPSA) is 46.5 Å². The molecule has 4 rings (SSSR count). The zero-order valence-corrected chi connectivity index (χ0v) is 13.2. The van der Waals surface area contributed by atoms with Crippen LogP contribution in [0.4, 0.5) is 0 Å². The molecule has 0 saturated heterocycles. The summed E-state index contributed by atoms with van der Waals surface area (Å²) in [5, 5.41) is 10.0. The average molecular weight is 298 g/mol. The van der Waals surface area contributed by atoms with Crippen LogP contribution in [0.3, 0.4) is 0 Å². The summed E-state index contributed by atoms with van der Waals surface area (Å²) in [5.41, 5.74) is 3.73. The first-order valence-electron chi connectivity index (χ1n) is 8.18. The molecule has 116 valence electrons. The number of ether oxygens (including phenoxy) is 1. The maximum atomic E-state index is 12.3. The third-order valence-electron chi connectivity index (χ3n) is 6.17. The molecular formula is C19H22O3. The van der Waals surface area contributed by atoms with Gasteiger partial charge in [-0.1, -0.05) is 11.6 Å². The molecule has 1 fully saturated rings. The molecule has 3 aliphatic rings. The van der Waals surface area contributed by atoms with Gasteiger partial charge in [-0.05, 0) is 67.7 Å². The Labute approximate surface area is 131 Å². The fourth-order valence-electron chi connectivity index (χ4n) is 4.91. The monoisotopic (exact) mass is 298 g/mol. The second kappa shape index (κ2) is 4.61. The van der Waals surface area contributed by atoms with Crippen LogP contribution in [0.5, 0.6) is 11.5 Å². The minimum Gasteiger partial charge on any atom is -0.504 e. The molecule has 1 aromatic carbocycles. The number of phenols is 1. The van der Waals surface area contributed by atoms with Gasteiger partial charge >= 0.3 is 0 Å². The molecule has 0 heterocycles. The van der Waals surface area contributed by atoms with Gasteiger partial charge in [0, 0.05) is 11.8 Å². The van der Waals surface area contributed by atoms with E-state index in [0.717, 1.165) is 25.7 Å². The largest absolute Gasteiger partial charge is 0.504 e. The van der Waals surface area contributed by atoms with E-state index in [1.807, 2.05) is 12.1 Å². The molecule has 1 N–H and O–H groups in total. The van der Waals surface area contributed by atoms with Gasteiger partial charge in [0.05, 0.1) is 7.11 Å². The van der Waals surface area contributed by atoms with Crippen LogP contribution in [0.25, 0.3) is 0 Å². The van der Waals surface area contributed by atoms with Crippen LogP contribution in [0, 0.1) is 11.3 Å². The first-order valence-corrected chi connectivity index (χ1v) is 8.18. The number of methoxy groups -OCH3 is 1. The van der Waals surface area contributed by atoms with E-state index in [1.54, 1.807) is 7.11 Å². The fourth-order valence-corrected chi connectivity index (χ4v) is 4.91. The molecule has 0 aliphatic heterocycles. The number of Topliss-reactive ketones (excluding diaryl/α,β-unsaturated/α-hetero) is 1. The predicted molar refractivity (Wildman–Crippen MR) is 84.3 cm³/mol. The molecule has 3 aliphatic carbocycles. The third-order valence-corrected chi connectivity index (χ3v) is 6.17. The lowest BCUT2D eigenvalue weighted by Crippen LogP contribution is -2.38. The van der Waals surface area contributed by atoms with E-state index in [1.165, 1.54) is 16.7 Å². The summed E-state index contributed by atoms with van der Waals surface area (Å²) in [6.07, 6.45) is 6.85. The van der Waals surface area contributed by atoms with E-state index in [0.29, 0.717) is 29.8 Å². The quantitative estimate of drug-likeness (QED) is 0.803. The molecule has 1 saturated carbocycles. The van der Waals surface area contributed by atoms with Gasteiger partial charge in [0.25, 0.3) is 0 Å². The van der Waals surface area contributed by atoms with Gasteiger partial charge < -0.3 is 9.84 Å². The highest BCUT2D eigenvalue weighted by atomic mass is 16.5. The number of hydrogen-bond acceptors (Lipinski definition) is 3. The van der Waals surface area contributed by atoms with Crippen LogP contribution in [-0.2, 0) is 11.2 Å². The molecule has 1 aromatic rings. The molecule has 3 nitrogen and oxygen atoms in total. The molecule has 0 spiro atoms. The van der Waals surface area contributed by atoms with Crippen molar-refractivity contribution in [3.63, 3.8) is 0 Å². The number of rotatable bonds is 1. The third kappa shape index (κ3) is 1.71. The zero-order valence-electron chi connectivity index (χ0n) is 13.2. The molecule has 22 heavy (non-hydrogen) atoms. The summed E-state index contributed by atoms with van der Waals surface area (Å²) in [7, 11) is 1.60. The highest BCUT2D eigenvalue weighted by Gasteiger charge is 2.50. The Hall–Kier alpha value is -1.77. The van der Waals surface area contributed by atoms with Crippen molar-refractivity contribution < 1.29 is 14.6 Å². The second-order valence-corrected chi connectivity index (χ2v) is 7.13. The van der Waals surface area contributed by atoms with Gasteiger partial charge in [0.15, 0.2) is 11.5 Å². The Balaban J connectivity index is 1.77. The van der Waals surface area contributed by atoms with E-state index in [-0.39, 0.29) is 11.2 Å². The van der Waals surface area contributed by atoms with Crippen molar-refractivity contribution >= 4 is 5.78 Å². The minimum atomic E-state index is -0.209. The summed E-state index contributed by atoms with van der Waals surface area (Å²) < 4.78 is 5.30. The Morgan fingerprint density at radius 1 is 1.27 bits per heavy atom. The lowest BCUT2D eigenvalue weighted by atomic mass is 9.58. The molecule has 0 unspecified atom stereocenters. The van der Waals surface area contributed by atoms with E-state index in [2.05, 4.69) is 13.0 Å². The Bertz CT molecular complexity index is 688. The van der Waals surface area contributed by atoms with Crippen molar-refractivity contribution in [2.24, 2.45) is 11.3 Å². The molecule has 3 atom stereocenters. The maximum absolute atomic E-state index is 12.3. The highest BCUT2D eigenvalue weighted by molar-refractivity contribution is 5.92. The van der Waals surface area contributed by atoms with E-state index >= 15 is 0 Å². The van der Waals surface area contributed by atoms with Gasteiger partial charge in [-0.25, -0.2) is 0 Å². The van der Waals surface area contributed by atoms with Crippen molar-refractivity contribution in [3.8, 4) is 11.5 Å². The van der Waals surface area contributed by atoms with Crippen LogP contribution >= 0.6 is 0 Å². The molecule has 0 amide bonds. The van der Waals surface area contributed by atoms with Crippen molar-refractivity contribution in [1.82, 2.24) is 0 Å².